The lowest BCUT2D eigenvalue weighted by Crippen LogP contribution is -2.09. The van der Waals surface area contributed by atoms with E-state index in [1.165, 1.54) is 42.5 Å². The van der Waals surface area contributed by atoms with Gasteiger partial charge in [-0.3, -0.25) is 4.98 Å². The molecule has 0 bridgehead atoms. The van der Waals surface area contributed by atoms with Gasteiger partial charge in [-0.05, 0) is 55.9 Å². The van der Waals surface area contributed by atoms with Gasteiger partial charge in [-0.25, -0.2) is 9.97 Å². The topological polar surface area (TPSA) is 38.7 Å². The molecule has 1 unspecified atom stereocenters. The molecule has 0 aliphatic heterocycles. The number of aromatic nitrogens is 3. The van der Waals surface area contributed by atoms with Crippen molar-refractivity contribution in [3.05, 3.63) is 47.5 Å². The molecule has 98 valence electrons. The molecule has 2 aromatic heterocycles. The van der Waals surface area contributed by atoms with Crippen molar-refractivity contribution >= 4 is 11.8 Å². The van der Waals surface area contributed by atoms with Crippen molar-refractivity contribution in [3.8, 4) is 0 Å². The van der Waals surface area contributed by atoms with Crippen LogP contribution in [0.15, 0.2) is 35.9 Å². The van der Waals surface area contributed by atoms with Gasteiger partial charge in [0.2, 0.25) is 0 Å². The van der Waals surface area contributed by atoms with Gasteiger partial charge >= 0.3 is 0 Å². The van der Waals surface area contributed by atoms with E-state index in [1.54, 1.807) is 24.2 Å². The molecule has 0 amide bonds. The summed E-state index contributed by atoms with van der Waals surface area (Å²) in [6.45, 7) is 2.19. The van der Waals surface area contributed by atoms with Gasteiger partial charge in [0.15, 0.2) is 5.16 Å². The molecule has 3 nitrogen and oxygen atoms in total. The lowest BCUT2D eigenvalue weighted by molar-refractivity contribution is 0.671. The molecule has 0 N–H and O–H groups in total. The highest BCUT2D eigenvalue weighted by molar-refractivity contribution is 7.99. The first-order chi connectivity index (χ1) is 9.34. The maximum atomic E-state index is 4.61. The van der Waals surface area contributed by atoms with Crippen LogP contribution in [0.5, 0.6) is 0 Å². The summed E-state index contributed by atoms with van der Waals surface area (Å²) in [6.07, 6.45) is 10.5. The zero-order chi connectivity index (χ0) is 13.1. The smallest absolute Gasteiger partial charge is 0.188 e. The summed E-state index contributed by atoms with van der Waals surface area (Å²) >= 11 is 1.68. The monoisotopic (exact) mass is 271 g/mol. The number of aryl methyl sites for hydroxylation is 1. The van der Waals surface area contributed by atoms with Crippen molar-refractivity contribution in [2.45, 2.75) is 43.0 Å². The summed E-state index contributed by atoms with van der Waals surface area (Å²) < 4.78 is 0. The number of hydrogen-bond acceptors (Lipinski definition) is 4. The summed E-state index contributed by atoms with van der Waals surface area (Å²) in [4.78, 5) is 13.2. The van der Waals surface area contributed by atoms with Crippen LogP contribution in [0.2, 0.25) is 0 Å². The Labute approximate surface area is 117 Å². The minimum Gasteiger partial charge on any atom is -0.260 e. The molecule has 0 radical (unpaired) electrons. The van der Waals surface area contributed by atoms with E-state index >= 15 is 0 Å². The minimum atomic E-state index is 0.301. The fourth-order valence-electron chi connectivity index (χ4n) is 2.60. The van der Waals surface area contributed by atoms with E-state index in [0.717, 1.165) is 5.16 Å². The highest BCUT2D eigenvalue weighted by Crippen LogP contribution is 2.35. The third kappa shape index (κ3) is 2.78. The van der Waals surface area contributed by atoms with Crippen molar-refractivity contribution in [3.63, 3.8) is 0 Å². The van der Waals surface area contributed by atoms with Gasteiger partial charge in [0.25, 0.3) is 0 Å². The van der Waals surface area contributed by atoms with Gasteiger partial charge in [-0.2, -0.15) is 0 Å². The Hall–Kier alpha value is -1.42. The summed E-state index contributed by atoms with van der Waals surface area (Å²) in [5.41, 5.74) is 4.16. The Kier molecular flexibility index (Phi) is 3.78. The largest absolute Gasteiger partial charge is 0.260 e. The second-order valence-corrected chi connectivity index (χ2v) is 6.14. The van der Waals surface area contributed by atoms with Gasteiger partial charge in [-0.15, -0.1) is 0 Å². The van der Waals surface area contributed by atoms with Crippen LogP contribution in [0.4, 0.5) is 0 Å². The Morgan fingerprint density at radius 1 is 1.05 bits per heavy atom. The first-order valence-electron chi connectivity index (χ1n) is 6.75. The number of rotatable bonds is 3. The third-order valence-electron chi connectivity index (χ3n) is 3.52. The van der Waals surface area contributed by atoms with Crippen LogP contribution in [-0.2, 0) is 12.8 Å². The standard InChI is InChI=1S/C15H17N3S/c1-11(19-15-17-8-4-9-18-15)14-13-6-3-2-5-12(13)7-10-16-14/h4,7-11H,2-3,5-6H2,1H3. The zero-order valence-electron chi connectivity index (χ0n) is 11.0. The van der Waals surface area contributed by atoms with E-state index in [1.807, 2.05) is 12.3 Å². The molecule has 1 aliphatic carbocycles. The third-order valence-corrected chi connectivity index (χ3v) is 4.52. The molecule has 1 atom stereocenters. The van der Waals surface area contributed by atoms with E-state index in [-0.39, 0.29) is 0 Å². The molecule has 3 rings (SSSR count). The summed E-state index contributed by atoms with van der Waals surface area (Å²) in [7, 11) is 0. The predicted molar refractivity (Wildman–Crippen MR) is 77.2 cm³/mol. The van der Waals surface area contributed by atoms with Crippen LogP contribution in [0.25, 0.3) is 0 Å². The maximum Gasteiger partial charge on any atom is 0.188 e. The molecule has 2 aromatic rings. The number of thioether (sulfide) groups is 1. The number of pyridine rings is 1. The number of nitrogens with zero attached hydrogens (tertiary/aromatic N) is 3. The highest BCUT2D eigenvalue weighted by atomic mass is 32.2. The Morgan fingerprint density at radius 2 is 1.84 bits per heavy atom. The van der Waals surface area contributed by atoms with Gasteiger partial charge in [0.1, 0.15) is 0 Å². The Balaban J connectivity index is 1.86. The van der Waals surface area contributed by atoms with Crippen molar-refractivity contribution in [1.82, 2.24) is 15.0 Å². The van der Waals surface area contributed by atoms with Gasteiger partial charge in [0.05, 0.1) is 10.9 Å². The van der Waals surface area contributed by atoms with E-state index in [4.69, 9.17) is 0 Å². The molecule has 4 heteroatoms. The average Bonchev–Trinajstić information content (AvgIpc) is 2.47. The minimum absolute atomic E-state index is 0.301. The van der Waals surface area contributed by atoms with Crippen LogP contribution in [0, 0.1) is 0 Å². The fourth-order valence-corrected chi connectivity index (χ4v) is 3.48. The molecule has 0 aromatic carbocycles. The van der Waals surface area contributed by atoms with Crippen molar-refractivity contribution in [1.29, 1.82) is 0 Å². The zero-order valence-corrected chi connectivity index (χ0v) is 11.9. The van der Waals surface area contributed by atoms with E-state index < -0.39 is 0 Å². The van der Waals surface area contributed by atoms with E-state index in [9.17, 15) is 0 Å². The quantitative estimate of drug-likeness (QED) is 0.631. The molecule has 1 aliphatic rings. The lowest BCUT2D eigenvalue weighted by atomic mass is 9.90. The number of hydrogen-bond donors (Lipinski definition) is 0. The molecule has 2 heterocycles. The molecular formula is C15H17N3S. The van der Waals surface area contributed by atoms with Gasteiger partial charge < -0.3 is 0 Å². The average molecular weight is 271 g/mol. The van der Waals surface area contributed by atoms with E-state index in [2.05, 4.69) is 27.9 Å². The summed E-state index contributed by atoms with van der Waals surface area (Å²) in [6, 6.07) is 4.02. The molecule has 0 saturated heterocycles. The first kappa shape index (κ1) is 12.6. The fraction of sp³-hybridized carbons (Fsp3) is 0.400. The predicted octanol–water partition coefficient (Wildman–Crippen LogP) is 3.60. The lowest BCUT2D eigenvalue weighted by Gasteiger charge is -2.21. The first-order valence-corrected chi connectivity index (χ1v) is 7.63. The molecule has 19 heavy (non-hydrogen) atoms. The highest BCUT2D eigenvalue weighted by Gasteiger charge is 2.19. The summed E-state index contributed by atoms with van der Waals surface area (Å²) in [5, 5.41) is 1.13. The van der Waals surface area contributed by atoms with Crippen molar-refractivity contribution < 1.29 is 0 Å². The molecule has 0 saturated carbocycles. The molecular weight excluding hydrogens is 254 g/mol. The Bertz CT molecular complexity index is 557. The molecule has 0 fully saturated rings. The van der Waals surface area contributed by atoms with E-state index in [0.29, 0.717) is 5.25 Å². The SMILES string of the molecule is CC(Sc1ncccn1)c1nccc2c1CCCC2. The normalized spacial score (nSPS) is 15.8. The molecule has 0 spiro atoms. The van der Waals surface area contributed by atoms with Gasteiger partial charge in [0, 0.05) is 18.6 Å². The maximum absolute atomic E-state index is 4.61. The van der Waals surface area contributed by atoms with Crippen LogP contribution in [0.3, 0.4) is 0 Å². The van der Waals surface area contributed by atoms with Crippen LogP contribution in [0.1, 0.15) is 41.8 Å². The van der Waals surface area contributed by atoms with Crippen LogP contribution >= 0.6 is 11.8 Å². The van der Waals surface area contributed by atoms with Crippen molar-refractivity contribution in [2.75, 3.05) is 0 Å². The summed E-state index contributed by atoms with van der Waals surface area (Å²) in [5.74, 6) is 0. The second kappa shape index (κ2) is 5.70. The van der Waals surface area contributed by atoms with Crippen LogP contribution < -0.4 is 0 Å². The second-order valence-electron chi connectivity index (χ2n) is 4.83. The Morgan fingerprint density at radius 3 is 2.68 bits per heavy atom. The van der Waals surface area contributed by atoms with Crippen molar-refractivity contribution in [2.24, 2.45) is 0 Å². The number of fused-ring (bicyclic) bond motifs is 1. The van der Waals surface area contributed by atoms with Crippen LogP contribution in [-0.4, -0.2) is 15.0 Å². The van der Waals surface area contributed by atoms with Gasteiger partial charge in [-0.1, -0.05) is 11.8 Å².